The lowest BCUT2D eigenvalue weighted by atomic mass is 10.0. The average molecular weight is 248 g/mol. The molecule has 0 aliphatic carbocycles. The number of nitrogens with two attached hydrogens (primary N) is 1. The van der Waals surface area contributed by atoms with Crippen molar-refractivity contribution in [2.24, 2.45) is 5.73 Å². The van der Waals surface area contributed by atoms with Crippen LogP contribution in [0.3, 0.4) is 0 Å². The van der Waals surface area contributed by atoms with E-state index in [0.717, 1.165) is 32.7 Å². The van der Waals surface area contributed by atoms with Crippen LogP contribution in [0, 0.1) is 0 Å². The highest BCUT2D eigenvalue weighted by atomic mass is 16.5. The smallest absolute Gasteiger partial charge is 0.0589 e. The van der Waals surface area contributed by atoms with Gasteiger partial charge in [-0.1, -0.05) is 36.4 Å². The van der Waals surface area contributed by atoms with E-state index in [-0.39, 0.29) is 6.04 Å². The van der Waals surface area contributed by atoms with E-state index in [2.05, 4.69) is 23.6 Å². The molecule has 0 saturated carbocycles. The molecule has 0 spiro atoms. The van der Waals surface area contributed by atoms with E-state index in [1.807, 2.05) is 24.3 Å². The summed E-state index contributed by atoms with van der Waals surface area (Å²) in [6.07, 6.45) is 2.87. The Balaban J connectivity index is 2.38. The minimum absolute atomic E-state index is 0.0982. The van der Waals surface area contributed by atoms with E-state index in [4.69, 9.17) is 10.5 Å². The number of benzene rings is 1. The second kappa shape index (κ2) is 8.86. The third kappa shape index (κ3) is 5.45. The summed E-state index contributed by atoms with van der Waals surface area (Å²) in [4.78, 5) is 2.30. The van der Waals surface area contributed by atoms with Gasteiger partial charge in [-0.3, -0.25) is 4.90 Å². The fourth-order valence-electron chi connectivity index (χ4n) is 1.89. The van der Waals surface area contributed by atoms with Gasteiger partial charge in [-0.15, -0.1) is 6.58 Å². The normalized spacial score (nSPS) is 12.6. The molecular formula is C15H24N2O. The standard InChI is InChI=1S/C15H24N2O/c1-3-10-17(12-13-18-2)11-9-15(16)14-7-5-4-6-8-14/h3-8,15H,1,9-13,16H2,2H3. The zero-order valence-corrected chi connectivity index (χ0v) is 11.2. The minimum atomic E-state index is 0.0982. The predicted molar refractivity (Wildman–Crippen MR) is 76.5 cm³/mol. The summed E-state index contributed by atoms with van der Waals surface area (Å²) >= 11 is 0. The largest absolute Gasteiger partial charge is 0.383 e. The zero-order chi connectivity index (χ0) is 13.2. The molecule has 3 nitrogen and oxygen atoms in total. The molecule has 0 amide bonds. The van der Waals surface area contributed by atoms with Gasteiger partial charge in [0.2, 0.25) is 0 Å². The summed E-state index contributed by atoms with van der Waals surface area (Å²) in [6.45, 7) is 7.29. The van der Waals surface area contributed by atoms with Crippen LogP contribution in [-0.2, 0) is 4.74 Å². The molecule has 3 heteroatoms. The Morgan fingerprint density at radius 2 is 2.06 bits per heavy atom. The van der Waals surface area contributed by atoms with Gasteiger partial charge in [-0.05, 0) is 12.0 Å². The van der Waals surface area contributed by atoms with Gasteiger partial charge in [-0.2, -0.15) is 0 Å². The van der Waals surface area contributed by atoms with E-state index < -0.39 is 0 Å². The van der Waals surface area contributed by atoms with Crippen molar-refractivity contribution in [3.8, 4) is 0 Å². The van der Waals surface area contributed by atoms with Crippen molar-refractivity contribution in [1.29, 1.82) is 0 Å². The lowest BCUT2D eigenvalue weighted by molar-refractivity contribution is 0.152. The highest BCUT2D eigenvalue weighted by molar-refractivity contribution is 5.18. The topological polar surface area (TPSA) is 38.5 Å². The van der Waals surface area contributed by atoms with Gasteiger partial charge in [-0.25, -0.2) is 0 Å². The summed E-state index contributed by atoms with van der Waals surface area (Å²) in [7, 11) is 1.72. The van der Waals surface area contributed by atoms with Gasteiger partial charge in [0.05, 0.1) is 6.61 Å². The SMILES string of the molecule is C=CCN(CCOC)CCC(N)c1ccccc1. The lowest BCUT2D eigenvalue weighted by Gasteiger charge is -2.22. The molecule has 0 aromatic heterocycles. The molecule has 0 aliphatic heterocycles. The van der Waals surface area contributed by atoms with Crippen LogP contribution in [0.5, 0.6) is 0 Å². The maximum absolute atomic E-state index is 6.18. The van der Waals surface area contributed by atoms with Crippen molar-refractivity contribution in [3.63, 3.8) is 0 Å². The van der Waals surface area contributed by atoms with Crippen molar-refractivity contribution in [1.82, 2.24) is 4.90 Å². The Morgan fingerprint density at radius 3 is 2.67 bits per heavy atom. The molecule has 0 saturated heterocycles. The Morgan fingerprint density at radius 1 is 1.33 bits per heavy atom. The van der Waals surface area contributed by atoms with Crippen LogP contribution in [0.25, 0.3) is 0 Å². The molecule has 2 N–H and O–H groups in total. The van der Waals surface area contributed by atoms with Crippen LogP contribution in [0.2, 0.25) is 0 Å². The first-order valence-corrected chi connectivity index (χ1v) is 6.40. The van der Waals surface area contributed by atoms with Crippen molar-refractivity contribution in [2.75, 3.05) is 33.4 Å². The predicted octanol–water partition coefficient (Wildman–Crippen LogP) is 2.21. The molecule has 0 bridgehead atoms. The van der Waals surface area contributed by atoms with Gasteiger partial charge in [0, 0.05) is 32.8 Å². The quantitative estimate of drug-likeness (QED) is 0.681. The first-order valence-electron chi connectivity index (χ1n) is 6.40. The van der Waals surface area contributed by atoms with E-state index >= 15 is 0 Å². The van der Waals surface area contributed by atoms with E-state index in [1.54, 1.807) is 7.11 Å². The maximum Gasteiger partial charge on any atom is 0.0589 e. The molecule has 0 radical (unpaired) electrons. The highest BCUT2D eigenvalue weighted by Crippen LogP contribution is 2.13. The molecule has 1 aromatic carbocycles. The summed E-state index contributed by atoms with van der Waals surface area (Å²) in [5, 5.41) is 0. The molecule has 1 unspecified atom stereocenters. The molecule has 1 atom stereocenters. The summed E-state index contributed by atoms with van der Waals surface area (Å²) < 4.78 is 5.10. The molecule has 1 aromatic rings. The van der Waals surface area contributed by atoms with Crippen LogP contribution in [0.1, 0.15) is 18.0 Å². The number of nitrogens with zero attached hydrogens (tertiary/aromatic N) is 1. The van der Waals surface area contributed by atoms with E-state index in [1.165, 1.54) is 5.56 Å². The molecule has 0 aliphatic rings. The Bertz CT molecular complexity index is 327. The molecule has 18 heavy (non-hydrogen) atoms. The summed E-state index contributed by atoms with van der Waals surface area (Å²) in [5.74, 6) is 0. The van der Waals surface area contributed by atoms with E-state index in [9.17, 15) is 0 Å². The van der Waals surface area contributed by atoms with Crippen molar-refractivity contribution >= 4 is 0 Å². The third-order valence-electron chi connectivity index (χ3n) is 2.98. The van der Waals surface area contributed by atoms with E-state index in [0.29, 0.717) is 0 Å². The second-order valence-electron chi connectivity index (χ2n) is 4.39. The zero-order valence-electron chi connectivity index (χ0n) is 11.2. The Labute approximate surface area is 110 Å². The number of hydrogen-bond donors (Lipinski definition) is 1. The Kier molecular flexibility index (Phi) is 7.34. The molecule has 0 heterocycles. The van der Waals surface area contributed by atoms with Crippen molar-refractivity contribution in [3.05, 3.63) is 48.6 Å². The first kappa shape index (κ1) is 14.9. The van der Waals surface area contributed by atoms with Crippen LogP contribution in [-0.4, -0.2) is 38.3 Å². The molecular weight excluding hydrogens is 224 g/mol. The maximum atomic E-state index is 6.18. The summed E-state index contributed by atoms with van der Waals surface area (Å²) in [5.41, 5.74) is 7.38. The van der Waals surface area contributed by atoms with Gasteiger partial charge in [0.25, 0.3) is 0 Å². The lowest BCUT2D eigenvalue weighted by Crippen LogP contribution is -2.30. The number of methoxy groups -OCH3 is 1. The number of hydrogen-bond acceptors (Lipinski definition) is 3. The Hall–Kier alpha value is -1.16. The third-order valence-corrected chi connectivity index (χ3v) is 2.98. The van der Waals surface area contributed by atoms with Gasteiger partial charge >= 0.3 is 0 Å². The fraction of sp³-hybridized carbons (Fsp3) is 0.467. The first-order chi connectivity index (χ1) is 8.77. The van der Waals surface area contributed by atoms with Crippen molar-refractivity contribution < 1.29 is 4.74 Å². The van der Waals surface area contributed by atoms with Gasteiger partial charge in [0.15, 0.2) is 0 Å². The summed E-state index contributed by atoms with van der Waals surface area (Å²) in [6, 6.07) is 10.3. The second-order valence-corrected chi connectivity index (χ2v) is 4.39. The highest BCUT2D eigenvalue weighted by Gasteiger charge is 2.08. The van der Waals surface area contributed by atoms with Crippen LogP contribution in [0.15, 0.2) is 43.0 Å². The van der Waals surface area contributed by atoms with Gasteiger partial charge < -0.3 is 10.5 Å². The van der Waals surface area contributed by atoms with Crippen LogP contribution >= 0.6 is 0 Å². The van der Waals surface area contributed by atoms with Crippen LogP contribution < -0.4 is 5.73 Å². The number of rotatable bonds is 9. The molecule has 1 rings (SSSR count). The number of ether oxygens (including phenoxy) is 1. The monoisotopic (exact) mass is 248 g/mol. The average Bonchev–Trinajstić information content (AvgIpc) is 2.42. The van der Waals surface area contributed by atoms with Gasteiger partial charge in [0.1, 0.15) is 0 Å². The fourth-order valence-corrected chi connectivity index (χ4v) is 1.89. The van der Waals surface area contributed by atoms with Crippen LogP contribution in [0.4, 0.5) is 0 Å². The van der Waals surface area contributed by atoms with Crippen molar-refractivity contribution in [2.45, 2.75) is 12.5 Å². The molecule has 100 valence electrons. The molecule has 0 fully saturated rings. The minimum Gasteiger partial charge on any atom is -0.383 e.